The van der Waals surface area contributed by atoms with Gasteiger partial charge in [-0.15, -0.1) is 0 Å². The maximum atomic E-state index is 5.30. The molecule has 0 aliphatic rings. The highest BCUT2D eigenvalue weighted by molar-refractivity contribution is 9.10. The molecule has 1 aromatic heterocycles. The lowest BCUT2D eigenvalue weighted by atomic mass is 10.2. The van der Waals surface area contributed by atoms with Crippen LogP contribution in [0.15, 0.2) is 21.2 Å². The van der Waals surface area contributed by atoms with Crippen LogP contribution in [0.5, 0.6) is 0 Å². The first-order valence-electron chi connectivity index (χ1n) is 3.57. The first kappa shape index (κ1) is 7.86. The third kappa shape index (κ3) is 2.18. The van der Waals surface area contributed by atoms with E-state index in [4.69, 9.17) is 4.42 Å². The van der Waals surface area contributed by atoms with E-state index >= 15 is 0 Å². The highest BCUT2D eigenvalue weighted by Gasteiger charge is 1.96. The summed E-state index contributed by atoms with van der Waals surface area (Å²) in [5, 5.41) is 0. The van der Waals surface area contributed by atoms with Gasteiger partial charge in [-0.25, -0.2) is 0 Å². The van der Waals surface area contributed by atoms with Crippen LogP contribution in [0, 0.1) is 0 Å². The summed E-state index contributed by atoms with van der Waals surface area (Å²) in [6.07, 6.45) is 3.49. The number of halogens is 1. The quantitative estimate of drug-likeness (QED) is 0.733. The zero-order chi connectivity index (χ0) is 7.40. The predicted molar refractivity (Wildman–Crippen MR) is 45.0 cm³/mol. The zero-order valence-electron chi connectivity index (χ0n) is 6.06. The van der Waals surface area contributed by atoms with Gasteiger partial charge in [-0.3, -0.25) is 0 Å². The molecule has 10 heavy (non-hydrogen) atoms. The number of aryl methyl sites for hydroxylation is 1. The van der Waals surface area contributed by atoms with Gasteiger partial charge in [0.1, 0.15) is 5.76 Å². The molecule has 1 nitrogen and oxygen atoms in total. The van der Waals surface area contributed by atoms with E-state index in [-0.39, 0.29) is 0 Å². The second-order valence-electron chi connectivity index (χ2n) is 2.31. The van der Waals surface area contributed by atoms with Crippen molar-refractivity contribution in [1.29, 1.82) is 0 Å². The summed E-state index contributed by atoms with van der Waals surface area (Å²) in [5.74, 6) is 1.08. The van der Waals surface area contributed by atoms with Gasteiger partial charge in [0.15, 0.2) is 4.67 Å². The van der Waals surface area contributed by atoms with Gasteiger partial charge in [-0.1, -0.05) is 13.3 Å². The van der Waals surface area contributed by atoms with Crippen LogP contribution in [0.3, 0.4) is 0 Å². The van der Waals surface area contributed by atoms with Crippen molar-refractivity contribution >= 4 is 15.9 Å². The first-order chi connectivity index (χ1) is 4.83. The maximum Gasteiger partial charge on any atom is 0.169 e. The fourth-order valence-corrected chi connectivity index (χ4v) is 1.18. The van der Waals surface area contributed by atoms with Crippen LogP contribution in [-0.2, 0) is 6.42 Å². The van der Waals surface area contributed by atoms with Crippen LogP contribution in [0.1, 0.15) is 25.5 Å². The molecule has 2 heteroatoms. The lowest BCUT2D eigenvalue weighted by Crippen LogP contribution is -1.78. The van der Waals surface area contributed by atoms with Crippen molar-refractivity contribution in [3.05, 3.63) is 22.6 Å². The fourth-order valence-electron chi connectivity index (χ4n) is 0.837. The van der Waals surface area contributed by atoms with Gasteiger partial charge in [0.25, 0.3) is 0 Å². The molecular formula is C8H11BrO. The Bertz CT molecular complexity index is 193. The minimum atomic E-state index is 0.832. The molecule has 0 fully saturated rings. The van der Waals surface area contributed by atoms with Crippen LogP contribution in [-0.4, -0.2) is 0 Å². The van der Waals surface area contributed by atoms with Crippen LogP contribution in [0.2, 0.25) is 0 Å². The second-order valence-corrected chi connectivity index (χ2v) is 3.09. The first-order valence-corrected chi connectivity index (χ1v) is 4.36. The molecule has 1 rings (SSSR count). The lowest BCUT2D eigenvalue weighted by Gasteiger charge is -1.90. The Morgan fingerprint density at radius 1 is 1.50 bits per heavy atom. The number of rotatable bonds is 3. The minimum Gasteiger partial charge on any atom is -0.454 e. The molecule has 1 heterocycles. The highest BCUT2D eigenvalue weighted by atomic mass is 79.9. The molecule has 56 valence electrons. The van der Waals surface area contributed by atoms with Crippen LogP contribution in [0.25, 0.3) is 0 Å². The standard InChI is InChI=1S/C8H11BrO/c1-2-3-4-7-5-6-8(9)10-7/h5-6H,2-4H2,1H3. The van der Waals surface area contributed by atoms with Crippen molar-refractivity contribution in [2.75, 3.05) is 0 Å². The molecular weight excluding hydrogens is 192 g/mol. The molecule has 0 aromatic carbocycles. The molecule has 0 aliphatic carbocycles. The van der Waals surface area contributed by atoms with Gasteiger partial charge >= 0.3 is 0 Å². The molecule has 0 saturated heterocycles. The molecule has 0 saturated carbocycles. The third-order valence-corrected chi connectivity index (χ3v) is 1.83. The highest BCUT2D eigenvalue weighted by Crippen LogP contribution is 2.15. The van der Waals surface area contributed by atoms with Gasteiger partial charge in [0.05, 0.1) is 0 Å². The largest absolute Gasteiger partial charge is 0.454 e. The number of hydrogen-bond donors (Lipinski definition) is 0. The number of hydrogen-bond acceptors (Lipinski definition) is 1. The monoisotopic (exact) mass is 202 g/mol. The second kappa shape index (κ2) is 3.81. The summed E-state index contributed by atoms with van der Waals surface area (Å²) < 4.78 is 6.13. The predicted octanol–water partition coefficient (Wildman–Crippen LogP) is 3.38. The van der Waals surface area contributed by atoms with Gasteiger partial charge in [-0.05, 0) is 34.5 Å². The topological polar surface area (TPSA) is 13.1 Å². The molecule has 0 unspecified atom stereocenters. The Morgan fingerprint density at radius 3 is 2.80 bits per heavy atom. The maximum absolute atomic E-state index is 5.30. The Balaban J connectivity index is 2.42. The summed E-state index contributed by atoms with van der Waals surface area (Å²) in [6.45, 7) is 2.18. The van der Waals surface area contributed by atoms with Gasteiger partial charge in [0, 0.05) is 6.42 Å². The van der Waals surface area contributed by atoms with Crippen molar-refractivity contribution in [2.45, 2.75) is 26.2 Å². The molecule has 0 atom stereocenters. The number of unbranched alkanes of at least 4 members (excludes halogenated alkanes) is 1. The van der Waals surface area contributed by atoms with Crippen LogP contribution >= 0.6 is 15.9 Å². The van der Waals surface area contributed by atoms with Gasteiger partial charge in [-0.2, -0.15) is 0 Å². The van der Waals surface area contributed by atoms with Crippen molar-refractivity contribution in [2.24, 2.45) is 0 Å². The molecule has 0 amide bonds. The normalized spacial score (nSPS) is 10.2. The van der Waals surface area contributed by atoms with Gasteiger partial charge in [0.2, 0.25) is 0 Å². The van der Waals surface area contributed by atoms with E-state index in [1.54, 1.807) is 0 Å². The van der Waals surface area contributed by atoms with Crippen molar-refractivity contribution < 1.29 is 4.42 Å². The minimum absolute atomic E-state index is 0.832. The van der Waals surface area contributed by atoms with E-state index in [0.717, 1.165) is 16.9 Å². The molecule has 1 aromatic rings. The molecule has 0 spiro atoms. The Kier molecular flexibility index (Phi) is 3.00. The molecule has 0 radical (unpaired) electrons. The summed E-state index contributed by atoms with van der Waals surface area (Å²) in [6, 6.07) is 3.95. The smallest absolute Gasteiger partial charge is 0.169 e. The van der Waals surface area contributed by atoms with Gasteiger partial charge < -0.3 is 4.42 Å². The van der Waals surface area contributed by atoms with Crippen molar-refractivity contribution in [1.82, 2.24) is 0 Å². The molecule has 0 N–H and O–H groups in total. The average Bonchev–Trinajstić information content (AvgIpc) is 2.31. The average molecular weight is 203 g/mol. The fraction of sp³-hybridized carbons (Fsp3) is 0.500. The number of furan rings is 1. The summed E-state index contributed by atoms with van der Waals surface area (Å²) in [7, 11) is 0. The van der Waals surface area contributed by atoms with E-state index in [9.17, 15) is 0 Å². The lowest BCUT2D eigenvalue weighted by molar-refractivity contribution is 0.480. The molecule has 0 bridgehead atoms. The van der Waals surface area contributed by atoms with E-state index < -0.39 is 0 Å². The van der Waals surface area contributed by atoms with Crippen molar-refractivity contribution in [3.63, 3.8) is 0 Å². The SMILES string of the molecule is CCCCc1ccc(Br)o1. The van der Waals surface area contributed by atoms with Crippen molar-refractivity contribution in [3.8, 4) is 0 Å². The van der Waals surface area contributed by atoms with Crippen LogP contribution in [0.4, 0.5) is 0 Å². The zero-order valence-corrected chi connectivity index (χ0v) is 7.65. The van der Waals surface area contributed by atoms with E-state index in [1.807, 2.05) is 12.1 Å². The summed E-state index contributed by atoms with van der Waals surface area (Å²) >= 11 is 3.26. The Hall–Kier alpha value is -0.240. The van der Waals surface area contributed by atoms with E-state index in [2.05, 4.69) is 22.9 Å². The Labute approximate surface area is 69.6 Å². The summed E-state index contributed by atoms with van der Waals surface area (Å²) in [5.41, 5.74) is 0. The molecule has 0 aliphatic heterocycles. The summed E-state index contributed by atoms with van der Waals surface area (Å²) in [4.78, 5) is 0. The third-order valence-electron chi connectivity index (χ3n) is 1.41. The Morgan fingerprint density at radius 2 is 2.30 bits per heavy atom. The van der Waals surface area contributed by atoms with Crippen LogP contribution < -0.4 is 0 Å². The van der Waals surface area contributed by atoms with E-state index in [1.165, 1.54) is 12.8 Å². The van der Waals surface area contributed by atoms with E-state index in [0.29, 0.717) is 0 Å².